The van der Waals surface area contributed by atoms with Gasteiger partial charge in [-0.3, -0.25) is 9.59 Å². The molecule has 2 N–H and O–H groups in total. The van der Waals surface area contributed by atoms with Gasteiger partial charge in [-0.15, -0.1) is 10.2 Å². The fourth-order valence-electron chi connectivity index (χ4n) is 4.81. The fraction of sp³-hybridized carbons (Fsp3) is 0.464. The van der Waals surface area contributed by atoms with Gasteiger partial charge in [-0.05, 0) is 63.4 Å². The Morgan fingerprint density at radius 1 is 1.16 bits per heavy atom. The molecular weight excluding hydrogens is 484 g/mol. The van der Waals surface area contributed by atoms with Gasteiger partial charge in [-0.25, -0.2) is 0 Å². The van der Waals surface area contributed by atoms with E-state index in [1.807, 2.05) is 52.0 Å². The van der Waals surface area contributed by atoms with Gasteiger partial charge in [-0.2, -0.15) is 4.80 Å². The van der Waals surface area contributed by atoms with E-state index in [-0.39, 0.29) is 35.9 Å². The van der Waals surface area contributed by atoms with E-state index in [4.69, 9.17) is 4.74 Å². The summed E-state index contributed by atoms with van der Waals surface area (Å²) < 4.78 is 5.31. The summed E-state index contributed by atoms with van der Waals surface area (Å²) in [6, 6.07) is 11.4. The van der Waals surface area contributed by atoms with Gasteiger partial charge in [-0.1, -0.05) is 48.7 Å². The third-order valence-corrected chi connectivity index (χ3v) is 6.59. The predicted molar refractivity (Wildman–Crippen MR) is 142 cm³/mol. The van der Waals surface area contributed by atoms with E-state index >= 15 is 0 Å². The summed E-state index contributed by atoms with van der Waals surface area (Å²) >= 11 is 0. The van der Waals surface area contributed by atoms with Crippen molar-refractivity contribution in [3.05, 3.63) is 53.6 Å². The SMILES string of the molecule is COc1cc([C@H](C(=O)NC(C)(C)C)N(C(=O)Cn2nnc(-c3ccc(C)cc3)n2)C2CCCC2)ccc1O. The number of phenols is 1. The number of aromatic nitrogens is 4. The van der Waals surface area contributed by atoms with Crippen LogP contribution >= 0.6 is 0 Å². The largest absolute Gasteiger partial charge is 0.504 e. The number of methoxy groups -OCH3 is 1. The average molecular weight is 521 g/mol. The third kappa shape index (κ3) is 6.30. The molecule has 10 nitrogen and oxygen atoms in total. The van der Waals surface area contributed by atoms with Crippen molar-refractivity contribution in [1.29, 1.82) is 0 Å². The molecule has 1 aromatic heterocycles. The molecule has 0 unspecified atom stereocenters. The Morgan fingerprint density at radius 3 is 2.47 bits per heavy atom. The first-order valence-corrected chi connectivity index (χ1v) is 12.9. The van der Waals surface area contributed by atoms with Crippen molar-refractivity contribution < 1.29 is 19.4 Å². The summed E-state index contributed by atoms with van der Waals surface area (Å²) in [4.78, 5) is 30.6. The van der Waals surface area contributed by atoms with Crippen molar-refractivity contribution in [2.75, 3.05) is 7.11 Å². The monoisotopic (exact) mass is 520 g/mol. The average Bonchev–Trinajstić information content (AvgIpc) is 3.55. The zero-order chi connectivity index (χ0) is 27.4. The number of benzene rings is 2. The molecule has 0 spiro atoms. The maximum Gasteiger partial charge on any atom is 0.247 e. The number of carbonyl (C=O) groups excluding carboxylic acids is 2. The maximum absolute atomic E-state index is 13.9. The van der Waals surface area contributed by atoms with Crippen molar-refractivity contribution in [2.24, 2.45) is 0 Å². The lowest BCUT2D eigenvalue weighted by molar-refractivity contribution is -0.145. The molecule has 38 heavy (non-hydrogen) atoms. The van der Waals surface area contributed by atoms with Crippen molar-refractivity contribution >= 4 is 11.8 Å². The first-order valence-electron chi connectivity index (χ1n) is 12.9. The highest BCUT2D eigenvalue weighted by Crippen LogP contribution is 2.36. The van der Waals surface area contributed by atoms with Gasteiger partial charge in [0.1, 0.15) is 12.6 Å². The van der Waals surface area contributed by atoms with E-state index < -0.39 is 11.6 Å². The molecule has 202 valence electrons. The van der Waals surface area contributed by atoms with E-state index in [2.05, 4.69) is 20.7 Å². The van der Waals surface area contributed by atoms with Gasteiger partial charge in [0.15, 0.2) is 11.5 Å². The summed E-state index contributed by atoms with van der Waals surface area (Å²) in [5.74, 6) is 0.0229. The van der Waals surface area contributed by atoms with Gasteiger partial charge in [0, 0.05) is 17.1 Å². The van der Waals surface area contributed by atoms with Crippen LogP contribution in [-0.2, 0) is 16.1 Å². The van der Waals surface area contributed by atoms with Crippen LogP contribution in [0.5, 0.6) is 11.5 Å². The predicted octanol–water partition coefficient (Wildman–Crippen LogP) is 3.79. The van der Waals surface area contributed by atoms with Crippen LogP contribution in [0.2, 0.25) is 0 Å². The topological polar surface area (TPSA) is 122 Å². The van der Waals surface area contributed by atoms with E-state index in [1.165, 1.54) is 18.0 Å². The second-order valence-electron chi connectivity index (χ2n) is 10.8. The molecule has 4 rings (SSSR count). The summed E-state index contributed by atoms with van der Waals surface area (Å²) in [5.41, 5.74) is 1.96. The molecule has 1 saturated carbocycles. The smallest absolute Gasteiger partial charge is 0.247 e. The Morgan fingerprint density at radius 2 is 1.84 bits per heavy atom. The first-order chi connectivity index (χ1) is 18.1. The molecule has 10 heteroatoms. The zero-order valence-corrected chi connectivity index (χ0v) is 22.6. The molecule has 2 amide bonds. The Bertz CT molecular complexity index is 1280. The summed E-state index contributed by atoms with van der Waals surface area (Å²) in [6.07, 6.45) is 3.53. The summed E-state index contributed by atoms with van der Waals surface area (Å²) in [5, 5.41) is 25.9. The van der Waals surface area contributed by atoms with Crippen LogP contribution in [0, 0.1) is 6.92 Å². The number of carbonyl (C=O) groups is 2. The minimum atomic E-state index is -0.931. The highest BCUT2D eigenvalue weighted by molar-refractivity contribution is 5.89. The van der Waals surface area contributed by atoms with Crippen LogP contribution in [0.4, 0.5) is 0 Å². The van der Waals surface area contributed by atoms with Gasteiger partial charge >= 0.3 is 0 Å². The van der Waals surface area contributed by atoms with Gasteiger partial charge in [0.2, 0.25) is 17.6 Å². The minimum Gasteiger partial charge on any atom is -0.504 e. The normalized spacial score (nSPS) is 14.8. The molecule has 0 saturated heterocycles. The number of hydrogen-bond donors (Lipinski definition) is 2. The first kappa shape index (κ1) is 27.1. The van der Waals surface area contributed by atoms with Gasteiger partial charge < -0.3 is 20.1 Å². The van der Waals surface area contributed by atoms with Crippen LogP contribution in [-0.4, -0.2) is 60.7 Å². The number of phenolic OH excluding ortho intramolecular Hbond substituents is 1. The van der Waals surface area contributed by atoms with E-state index in [0.717, 1.165) is 36.8 Å². The van der Waals surface area contributed by atoms with Crippen molar-refractivity contribution in [3.8, 4) is 22.9 Å². The van der Waals surface area contributed by atoms with E-state index in [9.17, 15) is 14.7 Å². The second kappa shape index (κ2) is 11.2. The molecular formula is C28H36N6O4. The number of rotatable bonds is 8. The van der Waals surface area contributed by atoms with Gasteiger partial charge in [0.25, 0.3) is 0 Å². The van der Waals surface area contributed by atoms with Gasteiger partial charge in [0.05, 0.1) is 7.11 Å². The van der Waals surface area contributed by atoms with Crippen molar-refractivity contribution in [2.45, 2.75) is 77.5 Å². The van der Waals surface area contributed by atoms with E-state index in [0.29, 0.717) is 11.4 Å². The molecule has 3 aromatic rings. The Labute approximate surface area is 223 Å². The second-order valence-corrected chi connectivity index (χ2v) is 10.8. The number of hydrogen-bond acceptors (Lipinski definition) is 7. The lowest BCUT2D eigenvalue weighted by Gasteiger charge is -2.37. The number of amides is 2. The fourth-order valence-corrected chi connectivity index (χ4v) is 4.81. The molecule has 1 aliphatic rings. The highest BCUT2D eigenvalue weighted by atomic mass is 16.5. The number of aryl methyl sites for hydroxylation is 1. The highest BCUT2D eigenvalue weighted by Gasteiger charge is 2.39. The Kier molecular flexibility index (Phi) is 7.99. The van der Waals surface area contributed by atoms with Crippen LogP contribution in [0.1, 0.15) is 63.6 Å². The van der Waals surface area contributed by atoms with Crippen molar-refractivity contribution in [3.63, 3.8) is 0 Å². The molecule has 1 aliphatic carbocycles. The number of nitrogens with zero attached hydrogens (tertiary/aromatic N) is 5. The molecule has 0 bridgehead atoms. The molecule has 1 atom stereocenters. The molecule has 0 aliphatic heterocycles. The Balaban J connectivity index is 1.69. The van der Waals surface area contributed by atoms with Crippen LogP contribution in [0.25, 0.3) is 11.4 Å². The van der Waals surface area contributed by atoms with Crippen LogP contribution < -0.4 is 10.1 Å². The van der Waals surface area contributed by atoms with Crippen LogP contribution in [0.15, 0.2) is 42.5 Å². The summed E-state index contributed by atoms with van der Waals surface area (Å²) in [7, 11) is 1.45. The van der Waals surface area contributed by atoms with E-state index in [1.54, 1.807) is 17.0 Å². The maximum atomic E-state index is 13.9. The minimum absolute atomic E-state index is 0.0413. The van der Waals surface area contributed by atoms with Crippen LogP contribution in [0.3, 0.4) is 0 Å². The van der Waals surface area contributed by atoms with Crippen molar-refractivity contribution in [1.82, 2.24) is 30.4 Å². The quantitative estimate of drug-likeness (QED) is 0.463. The third-order valence-electron chi connectivity index (χ3n) is 6.59. The lowest BCUT2D eigenvalue weighted by Crippen LogP contribution is -2.52. The lowest BCUT2D eigenvalue weighted by atomic mass is 9.98. The number of nitrogens with one attached hydrogen (secondary N) is 1. The summed E-state index contributed by atoms with van der Waals surface area (Å²) in [6.45, 7) is 7.53. The number of aromatic hydroxyl groups is 1. The Hall–Kier alpha value is -3.95. The molecule has 2 aromatic carbocycles. The number of ether oxygens (including phenoxy) is 1. The molecule has 1 heterocycles. The standard InChI is InChI=1S/C28H36N6O4/c1-18-10-12-19(13-11-18)26-30-32-33(31-26)17-24(36)34(21-8-6-7-9-21)25(27(37)29-28(2,3)4)20-14-15-22(35)23(16-20)38-5/h10-16,21,25,35H,6-9,17H2,1-5H3,(H,29,37)/t25-/m1/s1. The molecule has 0 radical (unpaired) electrons. The zero-order valence-electron chi connectivity index (χ0n) is 22.6. The molecule has 1 fully saturated rings. The number of tetrazole rings is 1.